The number of amides is 1. The zero-order chi connectivity index (χ0) is 17.0. The Balaban J connectivity index is 2.01. The molecule has 5 nitrogen and oxygen atoms in total. The van der Waals surface area contributed by atoms with Gasteiger partial charge in [0.25, 0.3) is 0 Å². The van der Waals surface area contributed by atoms with Gasteiger partial charge in [-0.25, -0.2) is 14.2 Å². The molecular formula is C16H19BrFN3O2. The molecule has 0 atom stereocenters. The lowest BCUT2D eigenvalue weighted by Crippen LogP contribution is -2.33. The maximum absolute atomic E-state index is 14.1. The Bertz CT molecular complexity index is 695. The second-order valence-electron chi connectivity index (χ2n) is 6.03. The molecule has 0 unspecified atom stereocenters. The summed E-state index contributed by atoms with van der Waals surface area (Å²) in [6.45, 7) is 5.78. The van der Waals surface area contributed by atoms with Crippen LogP contribution in [0.1, 0.15) is 26.5 Å². The minimum absolute atomic E-state index is 0.348. The summed E-state index contributed by atoms with van der Waals surface area (Å²) in [5.41, 5.74) is 0.673. The standard InChI is InChI=1S/C16H19BrFN3O2/c1-16(2,3)23-15(22)20-7-6-12-9-19-10-21(12)14-5-4-11(17)8-13(14)18/h4-5,8-10H,6-7H2,1-3H3,(H,20,22). The molecule has 0 aliphatic rings. The van der Waals surface area contributed by atoms with Gasteiger partial charge in [0, 0.05) is 29.3 Å². The van der Waals surface area contributed by atoms with Crippen LogP contribution in [-0.4, -0.2) is 27.8 Å². The van der Waals surface area contributed by atoms with E-state index in [2.05, 4.69) is 26.2 Å². The number of nitrogens with zero attached hydrogens (tertiary/aromatic N) is 2. The number of alkyl carbamates (subject to hydrolysis) is 1. The second-order valence-corrected chi connectivity index (χ2v) is 6.95. The molecule has 2 rings (SSSR count). The first kappa shape index (κ1) is 17.5. The molecule has 0 aliphatic heterocycles. The minimum Gasteiger partial charge on any atom is -0.444 e. The Labute approximate surface area is 143 Å². The Morgan fingerprint density at radius 1 is 1.43 bits per heavy atom. The molecule has 0 saturated heterocycles. The highest BCUT2D eigenvalue weighted by atomic mass is 79.9. The van der Waals surface area contributed by atoms with E-state index in [0.29, 0.717) is 23.1 Å². The highest BCUT2D eigenvalue weighted by Crippen LogP contribution is 2.20. The SMILES string of the molecule is CC(C)(C)OC(=O)NCCc1cncn1-c1ccc(Br)cc1F. The van der Waals surface area contributed by atoms with Gasteiger partial charge in [-0.3, -0.25) is 0 Å². The van der Waals surface area contributed by atoms with Gasteiger partial charge in [-0.15, -0.1) is 0 Å². The summed E-state index contributed by atoms with van der Waals surface area (Å²) in [6, 6.07) is 4.84. The van der Waals surface area contributed by atoms with Crippen molar-refractivity contribution < 1.29 is 13.9 Å². The summed E-state index contributed by atoms with van der Waals surface area (Å²) >= 11 is 3.23. The summed E-state index contributed by atoms with van der Waals surface area (Å²) in [4.78, 5) is 15.7. The van der Waals surface area contributed by atoms with Crippen molar-refractivity contribution >= 4 is 22.0 Å². The molecule has 0 saturated carbocycles. The van der Waals surface area contributed by atoms with Crippen LogP contribution >= 0.6 is 15.9 Å². The van der Waals surface area contributed by atoms with E-state index in [0.717, 1.165) is 5.69 Å². The lowest BCUT2D eigenvalue weighted by Gasteiger charge is -2.19. The van der Waals surface area contributed by atoms with E-state index in [1.807, 2.05) is 0 Å². The lowest BCUT2D eigenvalue weighted by atomic mass is 10.2. The van der Waals surface area contributed by atoms with Gasteiger partial charge in [-0.05, 0) is 39.0 Å². The van der Waals surface area contributed by atoms with Gasteiger partial charge >= 0.3 is 6.09 Å². The zero-order valence-electron chi connectivity index (χ0n) is 13.3. The van der Waals surface area contributed by atoms with Crippen LogP contribution in [-0.2, 0) is 11.2 Å². The van der Waals surface area contributed by atoms with Crippen molar-refractivity contribution in [2.75, 3.05) is 6.54 Å². The number of ether oxygens (including phenoxy) is 1. The molecule has 7 heteroatoms. The van der Waals surface area contributed by atoms with E-state index in [9.17, 15) is 9.18 Å². The molecule has 23 heavy (non-hydrogen) atoms. The number of imidazole rings is 1. The molecule has 1 aromatic carbocycles. The van der Waals surface area contributed by atoms with Crippen molar-refractivity contribution in [3.8, 4) is 5.69 Å². The number of rotatable bonds is 4. The van der Waals surface area contributed by atoms with E-state index in [1.165, 1.54) is 6.07 Å². The fraction of sp³-hybridized carbons (Fsp3) is 0.375. The lowest BCUT2D eigenvalue weighted by molar-refractivity contribution is 0.0528. The molecule has 0 bridgehead atoms. The number of nitrogens with one attached hydrogen (secondary N) is 1. The third-order valence-electron chi connectivity index (χ3n) is 2.93. The van der Waals surface area contributed by atoms with Gasteiger partial charge in [0.15, 0.2) is 0 Å². The van der Waals surface area contributed by atoms with Crippen LogP contribution in [0.3, 0.4) is 0 Å². The van der Waals surface area contributed by atoms with Crippen LogP contribution in [0.4, 0.5) is 9.18 Å². The second kappa shape index (κ2) is 7.12. The maximum Gasteiger partial charge on any atom is 0.407 e. The molecule has 1 heterocycles. The van der Waals surface area contributed by atoms with Gasteiger partial charge in [0.1, 0.15) is 11.4 Å². The van der Waals surface area contributed by atoms with Crippen LogP contribution < -0.4 is 5.32 Å². The minimum atomic E-state index is -0.535. The fourth-order valence-electron chi connectivity index (χ4n) is 2.01. The molecule has 1 aromatic heterocycles. The smallest absolute Gasteiger partial charge is 0.407 e. The van der Waals surface area contributed by atoms with E-state index >= 15 is 0 Å². The largest absolute Gasteiger partial charge is 0.444 e. The van der Waals surface area contributed by atoms with Crippen LogP contribution in [0.2, 0.25) is 0 Å². The number of benzene rings is 1. The monoisotopic (exact) mass is 383 g/mol. The number of hydrogen-bond donors (Lipinski definition) is 1. The van der Waals surface area contributed by atoms with Crippen molar-refractivity contribution in [3.05, 3.63) is 46.7 Å². The number of carbonyl (C=O) groups is 1. The molecular weight excluding hydrogens is 365 g/mol. The summed E-state index contributed by atoms with van der Waals surface area (Å²) in [7, 11) is 0. The summed E-state index contributed by atoms with van der Waals surface area (Å²) in [6.07, 6.45) is 3.24. The zero-order valence-corrected chi connectivity index (χ0v) is 14.9. The topological polar surface area (TPSA) is 56.1 Å². The third kappa shape index (κ3) is 5.06. The van der Waals surface area contributed by atoms with Crippen LogP contribution in [0.15, 0.2) is 35.2 Å². The molecule has 2 aromatic rings. The van der Waals surface area contributed by atoms with E-state index in [1.54, 1.807) is 50.0 Å². The number of hydrogen-bond acceptors (Lipinski definition) is 3. The van der Waals surface area contributed by atoms with E-state index in [4.69, 9.17) is 4.74 Å². The van der Waals surface area contributed by atoms with Crippen LogP contribution in [0, 0.1) is 5.82 Å². The average molecular weight is 384 g/mol. The van der Waals surface area contributed by atoms with Crippen LogP contribution in [0.5, 0.6) is 0 Å². The molecule has 0 spiro atoms. The molecule has 0 aliphatic carbocycles. The summed E-state index contributed by atoms with van der Waals surface area (Å²) < 4.78 is 21.6. The Kier molecular flexibility index (Phi) is 5.41. The fourth-order valence-corrected chi connectivity index (χ4v) is 2.34. The highest BCUT2D eigenvalue weighted by Gasteiger charge is 2.16. The van der Waals surface area contributed by atoms with Gasteiger partial charge < -0.3 is 14.6 Å². The number of halogens is 2. The number of carbonyl (C=O) groups excluding carboxylic acids is 1. The van der Waals surface area contributed by atoms with E-state index < -0.39 is 11.7 Å². The quantitative estimate of drug-likeness (QED) is 0.872. The maximum atomic E-state index is 14.1. The molecule has 1 amide bonds. The van der Waals surface area contributed by atoms with Gasteiger partial charge in [-0.2, -0.15) is 0 Å². The van der Waals surface area contributed by atoms with Crippen molar-refractivity contribution in [1.82, 2.24) is 14.9 Å². The van der Waals surface area contributed by atoms with Gasteiger partial charge in [0.2, 0.25) is 0 Å². The normalized spacial score (nSPS) is 11.3. The first-order valence-electron chi connectivity index (χ1n) is 7.20. The molecule has 124 valence electrons. The Hall–Kier alpha value is -1.89. The van der Waals surface area contributed by atoms with E-state index in [-0.39, 0.29) is 5.82 Å². The van der Waals surface area contributed by atoms with Crippen molar-refractivity contribution in [1.29, 1.82) is 0 Å². The molecule has 0 fully saturated rings. The van der Waals surface area contributed by atoms with Crippen molar-refractivity contribution in [3.63, 3.8) is 0 Å². The third-order valence-corrected chi connectivity index (χ3v) is 3.43. The summed E-state index contributed by atoms with van der Waals surface area (Å²) in [5, 5.41) is 2.68. The number of aromatic nitrogens is 2. The van der Waals surface area contributed by atoms with Gasteiger partial charge in [0.05, 0.1) is 12.0 Å². The highest BCUT2D eigenvalue weighted by molar-refractivity contribution is 9.10. The Morgan fingerprint density at radius 2 is 2.17 bits per heavy atom. The predicted octanol–water partition coefficient (Wildman–Crippen LogP) is 3.84. The average Bonchev–Trinajstić information content (AvgIpc) is 2.85. The van der Waals surface area contributed by atoms with Gasteiger partial charge in [-0.1, -0.05) is 15.9 Å². The first-order chi connectivity index (χ1) is 10.8. The predicted molar refractivity (Wildman–Crippen MR) is 89.2 cm³/mol. The van der Waals surface area contributed by atoms with Crippen LogP contribution in [0.25, 0.3) is 5.69 Å². The Morgan fingerprint density at radius 3 is 2.83 bits per heavy atom. The summed E-state index contributed by atoms with van der Waals surface area (Å²) in [5.74, 6) is -0.348. The first-order valence-corrected chi connectivity index (χ1v) is 7.99. The van der Waals surface area contributed by atoms with Crippen molar-refractivity contribution in [2.45, 2.75) is 32.8 Å². The molecule has 1 N–H and O–H groups in total. The molecule has 0 radical (unpaired) electrons. The van der Waals surface area contributed by atoms with Crippen molar-refractivity contribution in [2.24, 2.45) is 0 Å².